The number of aromatic nitrogens is 3. The molecule has 0 fully saturated rings. The summed E-state index contributed by atoms with van der Waals surface area (Å²) >= 11 is 0. The largest absolute Gasteiger partial charge is 2.00 e. The van der Waals surface area contributed by atoms with Crippen LogP contribution in [0.3, 0.4) is 0 Å². The molecule has 0 atom stereocenters. The van der Waals surface area contributed by atoms with E-state index in [4.69, 9.17) is 6.58 Å². The summed E-state index contributed by atoms with van der Waals surface area (Å²) in [6.45, 7) is 6.92. The number of nitrogens with zero attached hydrogens (tertiary/aromatic N) is 3. The van der Waals surface area contributed by atoms with Crippen molar-refractivity contribution in [2.75, 3.05) is 0 Å². The second-order valence-electron chi connectivity index (χ2n) is 1.37. The first-order valence-corrected chi connectivity index (χ1v) is 2.19. The summed E-state index contributed by atoms with van der Waals surface area (Å²) in [7, 11) is 0. The van der Waals surface area contributed by atoms with Gasteiger partial charge in [-0.1, -0.05) is 6.92 Å². The molecule has 46 valence electrons. The van der Waals surface area contributed by atoms with E-state index in [2.05, 4.69) is 16.5 Å². The van der Waals surface area contributed by atoms with Gasteiger partial charge in [0, 0.05) is 12.2 Å². The van der Waals surface area contributed by atoms with Gasteiger partial charge < -0.3 is 11.1 Å². The number of rotatable bonds is 1. The topological polar surface area (TPSA) is 30.7 Å². The van der Waals surface area contributed by atoms with E-state index in [0.29, 0.717) is 0 Å². The first kappa shape index (κ1) is 8.57. The normalized spacial score (nSPS) is 8.11. The van der Waals surface area contributed by atoms with Gasteiger partial charge in [0.2, 0.25) is 0 Å². The molecule has 0 amide bonds. The molecule has 4 heteroatoms. The van der Waals surface area contributed by atoms with Gasteiger partial charge in [-0.25, -0.2) is 10.2 Å². The van der Waals surface area contributed by atoms with E-state index < -0.39 is 0 Å². The van der Waals surface area contributed by atoms with E-state index in [1.54, 1.807) is 6.92 Å². The van der Waals surface area contributed by atoms with E-state index in [1.165, 1.54) is 10.8 Å². The molecule has 3 nitrogen and oxygen atoms in total. The predicted octanol–water partition coefficient (Wildman–Crippen LogP) is 0.288. The third-order valence-electron chi connectivity index (χ3n) is 0.845. The number of aryl methyl sites for hydroxylation is 1. The zero-order valence-corrected chi connectivity index (χ0v) is 7.84. The fourth-order valence-electron chi connectivity index (χ4n) is 0.405. The summed E-state index contributed by atoms with van der Waals surface area (Å²) in [4.78, 5) is 0. The number of hydrogen-bond donors (Lipinski definition) is 0. The minimum Gasteiger partial charge on any atom is -0.568 e. The SMILES string of the molecule is [CH-]=Cn1[c-]nnc1C.[W+2]. The van der Waals surface area contributed by atoms with Crippen molar-refractivity contribution in [3.63, 3.8) is 0 Å². The van der Waals surface area contributed by atoms with Gasteiger partial charge in [0.25, 0.3) is 0 Å². The summed E-state index contributed by atoms with van der Waals surface area (Å²) in [6, 6.07) is 0. The summed E-state index contributed by atoms with van der Waals surface area (Å²) in [5.41, 5.74) is 0. The van der Waals surface area contributed by atoms with Crippen molar-refractivity contribution in [2.24, 2.45) is 0 Å². The minimum atomic E-state index is 0. The molecule has 0 bridgehead atoms. The second-order valence-corrected chi connectivity index (χ2v) is 1.37. The maximum absolute atomic E-state index is 5.12. The van der Waals surface area contributed by atoms with E-state index in [9.17, 15) is 0 Å². The predicted molar refractivity (Wildman–Crippen MR) is 28.7 cm³/mol. The van der Waals surface area contributed by atoms with Gasteiger partial charge in [-0.15, -0.1) is 0 Å². The second kappa shape index (κ2) is 3.57. The summed E-state index contributed by atoms with van der Waals surface area (Å²) in [6.07, 6.45) is 3.89. The monoisotopic (exact) mass is 291 g/mol. The van der Waals surface area contributed by atoms with E-state index in [-0.39, 0.29) is 21.1 Å². The van der Waals surface area contributed by atoms with Crippen molar-refractivity contribution < 1.29 is 21.1 Å². The molecule has 1 aromatic rings. The fourth-order valence-corrected chi connectivity index (χ4v) is 0.405. The van der Waals surface area contributed by atoms with Gasteiger partial charge in [0.05, 0.1) is 0 Å². The van der Waals surface area contributed by atoms with Gasteiger partial charge >= 0.3 is 21.1 Å². The fraction of sp³-hybridized carbons (Fsp3) is 0.200. The first-order chi connectivity index (χ1) is 3.84. The van der Waals surface area contributed by atoms with Crippen LogP contribution in [-0.2, 0) is 21.1 Å². The van der Waals surface area contributed by atoms with Crippen LogP contribution in [0.2, 0.25) is 0 Å². The molecule has 0 aliphatic rings. The van der Waals surface area contributed by atoms with Crippen LogP contribution in [-0.4, -0.2) is 14.8 Å². The van der Waals surface area contributed by atoms with Crippen molar-refractivity contribution in [2.45, 2.75) is 6.92 Å². The Labute approximate surface area is 68.1 Å². The van der Waals surface area contributed by atoms with Crippen LogP contribution in [0.1, 0.15) is 5.82 Å². The maximum Gasteiger partial charge on any atom is 2.00 e. The van der Waals surface area contributed by atoms with Crippen LogP contribution in [0.4, 0.5) is 0 Å². The van der Waals surface area contributed by atoms with E-state index in [0.717, 1.165) is 5.82 Å². The molecule has 0 aliphatic carbocycles. The third-order valence-corrected chi connectivity index (χ3v) is 0.845. The molecule has 0 radical (unpaired) electrons. The molecular formula is C5H5N3W. The molecule has 1 heterocycles. The van der Waals surface area contributed by atoms with Gasteiger partial charge in [0.15, 0.2) is 0 Å². The molecular weight excluding hydrogens is 286 g/mol. The van der Waals surface area contributed by atoms with Crippen LogP contribution in [0.15, 0.2) is 0 Å². The zero-order valence-electron chi connectivity index (χ0n) is 4.90. The van der Waals surface area contributed by atoms with Crippen LogP contribution in [0.5, 0.6) is 0 Å². The molecule has 0 N–H and O–H groups in total. The van der Waals surface area contributed by atoms with Crippen molar-refractivity contribution >= 4 is 6.20 Å². The van der Waals surface area contributed by atoms with Crippen molar-refractivity contribution in [3.8, 4) is 0 Å². The average Bonchev–Trinajstić information content (AvgIpc) is 2.14. The van der Waals surface area contributed by atoms with Crippen molar-refractivity contribution in [1.29, 1.82) is 0 Å². The van der Waals surface area contributed by atoms with Gasteiger partial charge in [-0.3, -0.25) is 6.20 Å². The maximum atomic E-state index is 5.12. The summed E-state index contributed by atoms with van der Waals surface area (Å²) in [5.74, 6) is 0.743. The quantitative estimate of drug-likeness (QED) is 0.696. The zero-order chi connectivity index (χ0) is 5.98. The molecule has 0 aromatic carbocycles. The molecule has 9 heavy (non-hydrogen) atoms. The Morgan fingerprint density at radius 2 is 2.44 bits per heavy atom. The van der Waals surface area contributed by atoms with Gasteiger partial charge in [0.1, 0.15) is 0 Å². The molecule has 1 rings (SSSR count). The van der Waals surface area contributed by atoms with Crippen LogP contribution in [0, 0.1) is 19.8 Å². The Balaban J connectivity index is 0.000000640. The molecule has 1 aromatic heterocycles. The molecule has 0 saturated heterocycles. The molecule has 0 unspecified atom stereocenters. The van der Waals surface area contributed by atoms with Crippen molar-refractivity contribution in [1.82, 2.24) is 14.8 Å². The standard InChI is InChI=1S/C5H5N3.W/c1-3-8-4-6-7-5(8)2;/h1,3H,2H3;/q-2;+2. The number of hydrogen-bond acceptors (Lipinski definition) is 2. The Bertz CT molecular complexity index is 194. The Morgan fingerprint density at radius 3 is 2.67 bits per heavy atom. The summed E-state index contributed by atoms with van der Waals surface area (Å²) < 4.78 is 1.51. The minimum absolute atomic E-state index is 0. The van der Waals surface area contributed by atoms with E-state index >= 15 is 0 Å². The van der Waals surface area contributed by atoms with Crippen LogP contribution < -0.4 is 0 Å². The first-order valence-electron chi connectivity index (χ1n) is 2.19. The smallest absolute Gasteiger partial charge is 0.568 e. The molecule has 0 aliphatic heterocycles. The Morgan fingerprint density at radius 1 is 1.78 bits per heavy atom. The summed E-state index contributed by atoms with van der Waals surface area (Å²) in [5, 5.41) is 7.10. The van der Waals surface area contributed by atoms with Crippen LogP contribution >= 0.6 is 0 Å². The molecule has 0 spiro atoms. The van der Waals surface area contributed by atoms with Crippen molar-refractivity contribution in [3.05, 3.63) is 18.7 Å². The van der Waals surface area contributed by atoms with Gasteiger partial charge in [-0.2, -0.15) is 0 Å². The Kier molecular flexibility index (Phi) is 3.40. The van der Waals surface area contributed by atoms with Crippen LogP contribution in [0.25, 0.3) is 6.20 Å². The molecule has 0 saturated carbocycles. The van der Waals surface area contributed by atoms with Gasteiger partial charge in [-0.05, 0) is 0 Å². The Hall–Kier alpha value is -0.432. The third kappa shape index (κ3) is 1.75. The average molecular weight is 291 g/mol. The van der Waals surface area contributed by atoms with E-state index in [1.807, 2.05) is 0 Å².